The molecular formula is C14H24N2O3. The van der Waals surface area contributed by atoms with Crippen LogP contribution in [0.5, 0.6) is 5.88 Å². The van der Waals surface area contributed by atoms with Crippen LogP contribution in [0.2, 0.25) is 0 Å². The molecular weight excluding hydrogens is 244 g/mol. The average Bonchev–Trinajstić information content (AvgIpc) is 2.37. The Morgan fingerprint density at radius 1 is 0.947 bits per heavy atom. The molecule has 0 aliphatic heterocycles. The van der Waals surface area contributed by atoms with Gasteiger partial charge in [-0.15, -0.1) is 0 Å². The first-order valence-corrected chi connectivity index (χ1v) is 7.15. The summed E-state index contributed by atoms with van der Waals surface area (Å²) in [5.74, 6) is -0.224. The summed E-state index contributed by atoms with van der Waals surface area (Å²) in [5, 5.41) is 9.72. The summed E-state index contributed by atoms with van der Waals surface area (Å²) in [6.07, 6.45) is 5.72. The first-order chi connectivity index (χ1) is 9.11. The first kappa shape index (κ1) is 15.5. The van der Waals surface area contributed by atoms with Crippen molar-refractivity contribution in [2.45, 2.75) is 65.5 Å². The number of hydrogen-bond donors (Lipinski definition) is 1. The first-order valence-electron chi connectivity index (χ1n) is 7.15. The molecule has 0 aliphatic rings. The van der Waals surface area contributed by atoms with Gasteiger partial charge in [0.2, 0.25) is 5.88 Å². The van der Waals surface area contributed by atoms with E-state index in [9.17, 15) is 14.7 Å². The van der Waals surface area contributed by atoms with Crippen molar-refractivity contribution >= 4 is 0 Å². The van der Waals surface area contributed by atoms with Crippen LogP contribution in [0.15, 0.2) is 15.7 Å². The minimum Gasteiger partial charge on any atom is -0.494 e. The maximum atomic E-state index is 12.2. The molecule has 0 unspecified atom stereocenters. The maximum Gasteiger partial charge on any atom is 0.333 e. The lowest BCUT2D eigenvalue weighted by Crippen LogP contribution is -2.39. The van der Waals surface area contributed by atoms with E-state index in [0.717, 1.165) is 44.6 Å². The fraction of sp³-hybridized carbons (Fsp3) is 0.714. The molecule has 0 spiro atoms. The van der Waals surface area contributed by atoms with E-state index >= 15 is 0 Å². The van der Waals surface area contributed by atoms with Crippen LogP contribution >= 0.6 is 0 Å². The monoisotopic (exact) mass is 268 g/mol. The molecule has 108 valence electrons. The number of nitrogens with zero attached hydrogens (tertiary/aromatic N) is 2. The van der Waals surface area contributed by atoms with Crippen molar-refractivity contribution in [3.05, 3.63) is 26.9 Å². The van der Waals surface area contributed by atoms with E-state index in [2.05, 4.69) is 13.8 Å². The van der Waals surface area contributed by atoms with Crippen molar-refractivity contribution < 1.29 is 5.11 Å². The molecule has 1 aromatic rings. The van der Waals surface area contributed by atoms with Gasteiger partial charge < -0.3 is 5.11 Å². The van der Waals surface area contributed by atoms with E-state index in [0.29, 0.717) is 13.1 Å². The molecule has 1 N–H and O–H groups in total. The molecule has 5 nitrogen and oxygen atoms in total. The van der Waals surface area contributed by atoms with Crippen LogP contribution in [0.1, 0.15) is 52.4 Å². The Labute approximate surface area is 113 Å². The van der Waals surface area contributed by atoms with E-state index in [4.69, 9.17) is 0 Å². The summed E-state index contributed by atoms with van der Waals surface area (Å²) in [5.41, 5.74) is -0.803. The molecule has 0 aliphatic carbocycles. The van der Waals surface area contributed by atoms with E-state index in [1.165, 1.54) is 9.13 Å². The Morgan fingerprint density at radius 3 is 2.00 bits per heavy atom. The van der Waals surface area contributed by atoms with Crippen molar-refractivity contribution in [3.63, 3.8) is 0 Å². The second kappa shape index (κ2) is 7.81. The molecule has 0 aromatic carbocycles. The number of aromatic nitrogens is 2. The highest BCUT2D eigenvalue weighted by Gasteiger charge is 2.09. The van der Waals surface area contributed by atoms with Gasteiger partial charge in [0.15, 0.2) is 0 Å². The highest BCUT2D eigenvalue weighted by atomic mass is 16.3. The van der Waals surface area contributed by atoms with Crippen molar-refractivity contribution in [2.75, 3.05) is 0 Å². The number of hydrogen-bond acceptors (Lipinski definition) is 3. The Kier molecular flexibility index (Phi) is 6.39. The maximum absolute atomic E-state index is 12.2. The van der Waals surface area contributed by atoms with Crippen molar-refractivity contribution in [3.8, 4) is 5.88 Å². The summed E-state index contributed by atoms with van der Waals surface area (Å²) < 4.78 is 2.52. The number of unbranched alkanes of at least 4 members (excludes halogenated alkanes) is 4. The largest absolute Gasteiger partial charge is 0.494 e. The van der Waals surface area contributed by atoms with Crippen molar-refractivity contribution in [1.82, 2.24) is 9.13 Å². The predicted molar refractivity (Wildman–Crippen MR) is 75.7 cm³/mol. The molecule has 1 heterocycles. The van der Waals surface area contributed by atoms with Crippen LogP contribution in [0.4, 0.5) is 0 Å². The smallest absolute Gasteiger partial charge is 0.333 e. The van der Waals surface area contributed by atoms with Crippen LogP contribution in [0.25, 0.3) is 0 Å². The lowest BCUT2D eigenvalue weighted by molar-refractivity contribution is 0.380. The Hall–Kier alpha value is -1.52. The van der Waals surface area contributed by atoms with Gasteiger partial charge in [0.25, 0.3) is 5.56 Å². The zero-order chi connectivity index (χ0) is 14.3. The van der Waals surface area contributed by atoms with E-state index in [-0.39, 0.29) is 5.88 Å². The molecule has 0 saturated carbocycles. The SMILES string of the molecule is CCCCCn1c(O)cc(=O)n(CCCCC)c1=O. The summed E-state index contributed by atoms with van der Waals surface area (Å²) >= 11 is 0. The minimum atomic E-state index is -0.412. The molecule has 0 fully saturated rings. The lowest BCUT2D eigenvalue weighted by Gasteiger charge is -2.11. The van der Waals surface area contributed by atoms with E-state index in [1.54, 1.807) is 0 Å². The Morgan fingerprint density at radius 2 is 1.47 bits per heavy atom. The summed E-state index contributed by atoms with van der Waals surface area (Å²) in [6.45, 7) is 5.04. The van der Waals surface area contributed by atoms with Gasteiger partial charge in [0.1, 0.15) is 0 Å². The topological polar surface area (TPSA) is 64.2 Å². The number of aromatic hydroxyl groups is 1. The third-order valence-corrected chi connectivity index (χ3v) is 3.23. The number of rotatable bonds is 8. The molecule has 5 heteroatoms. The average molecular weight is 268 g/mol. The second-order valence-electron chi connectivity index (χ2n) is 4.84. The lowest BCUT2D eigenvalue weighted by atomic mass is 10.2. The zero-order valence-corrected chi connectivity index (χ0v) is 11.9. The van der Waals surface area contributed by atoms with Crippen molar-refractivity contribution in [2.24, 2.45) is 0 Å². The highest BCUT2D eigenvalue weighted by Crippen LogP contribution is 2.05. The normalized spacial score (nSPS) is 10.8. The fourth-order valence-corrected chi connectivity index (χ4v) is 2.06. The van der Waals surface area contributed by atoms with Crippen LogP contribution < -0.4 is 11.2 Å². The van der Waals surface area contributed by atoms with Crippen molar-refractivity contribution in [1.29, 1.82) is 0 Å². The molecule has 0 atom stereocenters. The summed E-state index contributed by atoms with van der Waals surface area (Å²) in [6, 6.07) is 1.14. The third kappa shape index (κ3) is 4.26. The van der Waals surface area contributed by atoms with Gasteiger partial charge in [0.05, 0.1) is 6.07 Å². The predicted octanol–water partition coefficient (Wildman–Crippen LogP) is 2.10. The Balaban J connectivity index is 2.95. The van der Waals surface area contributed by atoms with Crippen LogP contribution in [-0.4, -0.2) is 14.2 Å². The molecule has 19 heavy (non-hydrogen) atoms. The van der Waals surface area contributed by atoms with Gasteiger partial charge in [-0.2, -0.15) is 0 Å². The van der Waals surface area contributed by atoms with E-state index in [1.807, 2.05) is 0 Å². The molecule has 0 bridgehead atoms. The third-order valence-electron chi connectivity index (χ3n) is 3.23. The van der Waals surface area contributed by atoms with Crippen LogP contribution in [-0.2, 0) is 13.1 Å². The van der Waals surface area contributed by atoms with Gasteiger partial charge >= 0.3 is 5.69 Å². The second-order valence-corrected chi connectivity index (χ2v) is 4.84. The summed E-state index contributed by atoms with van der Waals surface area (Å²) in [7, 11) is 0. The highest BCUT2D eigenvalue weighted by molar-refractivity contribution is 5.07. The van der Waals surface area contributed by atoms with Crippen LogP contribution in [0, 0.1) is 0 Å². The van der Waals surface area contributed by atoms with Crippen LogP contribution in [0.3, 0.4) is 0 Å². The molecule has 0 amide bonds. The summed E-state index contributed by atoms with van der Waals surface area (Å²) in [4.78, 5) is 23.9. The molecule has 1 rings (SSSR count). The quantitative estimate of drug-likeness (QED) is 0.734. The standard InChI is InChI=1S/C14H24N2O3/c1-3-5-7-9-15-12(17)11-13(18)16(14(15)19)10-8-6-4-2/h11,17H,3-10H2,1-2H3. The minimum absolute atomic E-state index is 0.224. The zero-order valence-electron chi connectivity index (χ0n) is 11.9. The van der Waals surface area contributed by atoms with Gasteiger partial charge in [0, 0.05) is 13.1 Å². The van der Waals surface area contributed by atoms with Gasteiger partial charge in [-0.1, -0.05) is 39.5 Å². The fourth-order valence-electron chi connectivity index (χ4n) is 2.06. The molecule has 0 saturated heterocycles. The van der Waals surface area contributed by atoms with Gasteiger partial charge in [-0.3, -0.25) is 13.9 Å². The molecule has 1 aromatic heterocycles. The van der Waals surface area contributed by atoms with Gasteiger partial charge in [-0.05, 0) is 12.8 Å². The van der Waals surface area contributed by atoms with Gasteiger partial charge in [-0.25, -0.2) is 4.79 Å². The Bertz CT molecular complexity index is 502. The van der Waals surface area contributed by atoms with E-state index < -0.39 is 11.2 Å². The molecule has 0 radical (unpaired) electrons.